The van der Waals surface area contributed by atoms with E-state index in [1.165, 1.54) is 7.05 Å². The summed E-state index contributed by atoms with van der Waals surface area (Å²) in [7, 11) is 1.34. The van der Waals surface area contributed by atoms with Crippen LogP contribution in [0.2, 0.25) is 5.15 Å². The zero-order valence-electron chi connectivity index (χ0n) is 13.4. The van der Waals surface area contributed by atoms with Crippen molar-refractivity contribution in [1.29, 1.82) is 0 Å². The molecule has 0 aliphatic heterocycles. The van der Waals surface area contributed by atoms with Gasteiger partial charge in [-0.3, -0.25) is 0 Å². The molecule has 2 heterocycles. The van der Waals surface area contributed by atoms with Crippen molar-refractivity contribution in [3.8, 4) is 0 Å². The fourth-order valence-electron chi connectivity index (χ4n) is 2.42. The quantitative estimate of drug-likeness (QED) is 0.499. The van der Waals surface area contributed by atoms with Crippen molar-refractivity contribution in [2.24, 2.45) is 7.05 Å². The Morgan fingerprint density at radius 2 is 1.96 bits per heavy atom. The van der Waals surface area contributed by atoms with Crippen LogP contribution in [0.3, 0.4) is 0 Å². The van der Waals surface area contributed by atoms with Crippen molar-refractivity contribution in [2.45, 2.75) is 12.9 Å². The number of carbonyl (C=O) groups is 1. The van der Waals surface area contributed by atoms with Crippen LogP contribution in [-0.4, -0.2) is 26.9 Å². The monoisotopic (exact) mass is 384 g/mol. The summed E-state index contributed by atoms with van der Waals surface area (Å²) in [6.45, 7) is -0.295. The zero-order valence-corrected chi connectivity index (χ0v) is 14.1. The first kappa shape index (κ1) is 18.0. The Morgan fingerprint density at radius 3 is 2.58 bits per heavy atom. The van der Waals surface area contributed by atoms with E-state index >= 15 is 0 Å². The number of hydrogen-bond acceptors (Lipinski definition) is 4. The van der Waals surface area contributed by atoms with E-state index in [1.54, 1.807) is 30.3 Å². The number of carbonyl (C=O) groups excluding carboxylic acids is 1. The number of ether oxygens (including phenoxy) is 1. The number of halogens is 4. The molecule has 2 aromatic heterocycles. The molecule has 10 heteroatoms. The van der Waals surface area contributed by atoms with Crippen molar-refractivity contribution in [1.82, 2.24) is 14.5 Å². The molecule has 136 valence electrons. The van der Waals surface area contributed by atoms with Gasteiger partial charge in [-0.2, -0.15) is 4.90 Å². The molecule has 0 aliphatic carbocycles. The number of aromatic nitrogens is 3. The van der Waals surface area contributed by atoms with Crippen molar-refractivity contribution in [3.05, 3.63) is 53.4 Å². The number of hydrogen-bond donors (Lipinski definition) is 0. The van der Waals surface area contributed by atoms with Crippen LogP contribution >= 0.6 is 11.6 Å². The average Bonchev–Trinajstić information content (AvgIpc) is 2.91. The normalized spacial score (nSPS) is 11.6. The Balaban J connectivity index is 1.95. The Labute approximate surface area is 150 Å². The molecule has 0 saturated heterocycles. The van der Waals surface area contributed by atoms with E-state index in [4.69, 9.17) is 16.3 Å². The molecule has 0 aliphatic rings. The van der Waals surface area contributed by atoms with Crippen molar-refractivity contribution < 1.29 is 22.7 Å². The first-order valence-corrected chi connectivity index (χ1v) is 7.70. The van der Waals surface area contributed by atoms with E-state index in [9.17, 15) is 18.0 Å². The molecule has 3 rings (SSSR count). The summed E-state index contributed by atoms with van der Waals surface area (Å²) in [6.07, 6.45) is -5.44. The highest BCUT2D eigenvalue weighted by molar-refractivity contribution is 6.34. The van der Waals surface area contributed by atoms with Crippen LogP contribution in [0.1, 0.15) is 5.56 Å². The second-order valence-corrected chi connectivity index (χ2v) is 5.66. The molecule has 6 nitrogen and oxygen atoms in total. The van der Waals surface area contributed by atoms with E-state index in [0.717, 1.165) is 17.0 Å². The van der Waals surface area contributed by atoms with Crippen molar-refractivity contribution >= 4 is 34.5 Å². The number of rotatable bonds is 3. The first-order valence-electron chi connectivity index (χ1n) is 7.32. The number of anilines is 1. The lowest BCUT2D eigenvalue weighted by Gasteiger charge is -2.24. The highest BCUT2D eigenvalue weighted by Crippen LogP contribution is 2.34. The van der Waals surface area contributed by atoms with Crippen LogP contribution in [0, 0.1) is 0 Å². The second kappa shape index (κ2) is 6.83. The molecule has 0 radical (unpaired) electrons. The van der Waals surface area contributed by atoms with Crippen molar-refractivity contribution in [3.63, 3.8) is 0 Å². The van der Waals surface area contributed by atoms with Gasteiger partial charge >= 0.3 is 12.4 Å². The number of fused-ring (bicyclic) bond motifs is 1. The average molecular weight is 385 g/mol. The number of amides is 1. The minimum absolute atomic E-state index is 0.0170. The lowest BCUT2D eigenvalue weighted by atomic mass is 10.2. The van der Waals surface area contributed by atoms with E-state index in [-0.39, 0.29) is 22.8 Å². The van der Waals surface area contributed by atoms with Gasteiger partial charge in [0.25, 0.3) is 0 Å². The molecular weight excluding hydrogens is 373 g/mol. The van der Waals surface area contributed by atoms with Gasteiger partial charge in [0.15, 0.2) is 0 Å². The summed E-state index contributed by atoms with van der Waals surface area (Å²) >= 11 is 5.90. The van der Waals surface area contributed by atoms with Gasteiger partial charge in [-0.15, -0.1) is 13.2 Å². The van der Waals surface area contributed by atoms with Crippen molar-refractivity contribution in [2.75, 3.05) is 4.90 Å². The molecule has 0 N–H and O–H groups in total. The predicted molar refractivity (Wildman–Crippen MR) is 88.7 cm³/mol. The SMILES string of the molecule is Cn1c(N(C(=O)OCc2ccccc2)C(F)(F)F)cc2c(Cl)ncnc21. The third-order valence-corrected chi connectivity index (χ3v) is 3.92. The molecule has 0 spiro atoms. The Hall–Kier alpha value is -2.81. The van der Waals surface area contributed by atoms with Gasteiger partial charge in [-0.1, -0.05) is 41.9 Å². The summed E-state index contributed by atoms with van der Waals surface area (Å²) in [6, 6.07) is 9.49. The highest BCUT2D eigenvalue weighted by Gasteiger charge is 2.45. The molecule has 0 fully saturated rings. The third kappa shape index (κ3) is 3.43. The highest BCUT2D eigenvalue weighted by atomic mass is 35.5. The van der Waals surface area contributed by atoms with Gasteiger partial charge in [-0.05, 0) is 11.6 Å². The molecule has 3 aromatic rings. The van der Waals surface area contributed by atoms with Gasteiger partial charge in [-0.25, -0.2) is 14.8 Å². The van der Waals surface area contributed by atoms with Gasteiger partial charge < -0.3 is 9.30 Å². The predicted octanol–water partition coefficient (Wildman–Crippen LogP) is 4.28. The number of alkyl halides is 3. The van der Waals surface area contributed by atoms with Crippen LogP contribution < -0.4 is 4.90 Å². The molecule has 1 aromatic carbocycles. The molecule has 1 amide bonds. The van der Waals surface area contributed by atoms with Crippen LogP contribution in [0.4, 0.5) is 23.8 Å². The second-order valence-electron chi connectivity index (χ2n) is 5.31. The van der Waals surface area contributed by atoms with Gasteiger partial charge in [0.05, 0.1) is 5.39 Å². The van der Waals surface area contributed by atoms with Crippen LogP contribution in [0.15, 0.2) is 42.7 Å². The van der Waals surface area contributed by atoms with Crippen LogP contribution in [0.25, 0.3) is 11.0 Å². The topological polar surface area (TPSA) is 60.2 Å². The minimum Gasteiger partial charge on any atom is -0.444 e. The minimum atomic E-state index is -5.00. The number of aryl methyl sites for hydroxylation is 1. The summed E-state index contributed by atoms with van der Waals surface area (Å²) in [5.74, 6) is -0.479. The van der Waals surface area contributed by atoms with Crippen LogP contribution in [0.5, 0.6) is 0 Å². The first-order chi connectivity index (χ1) is 12.3. The molecule has 0 bridgehead atoms. The molecule has 26 heavy (non-hydrogen) atoms. The zero-order chi connectivity index (χ0) is 18.9. The van der Waals surface area contributed by atoms with Crippen LogP contribution in [-0.2, 0) is 18.4 Å². The van der Waals surface area contributed by atoms with E-state index < -0.39 is 23.1 Å². The number of nitrogens with zero attached hydrogens (tertiary/aromatic N) is 4. The Morgan fingerprint density at radius 1 is 1.27 bits per heavy atom. The van der Waals surface area contributed by atoms with E-state index in [1.807, 2.05) is 0 Å². The fraction of sp³-hybridized carbons (Fsp3) is 0.188. The summed E-state index contributed by atoms with van der Waals surface area (Å²) in [4.78, 5) is 19.4. The maximum absolute atomic E-state index is 13.5. The van der Waals surface area contributed by atoms with E-state index in [0.29, 0.717) is 5.56 Å². The summed E-state index contributed by atoms with van der Waals surface area (Å²) in [5.41, 5.74) is 0.721. The number of benzene rings is 1. The maximum Gasteiger partial charge on any atom is 0.495 e. The van der Waals surface area contributed by atoms with Gasteiger partial charge in [0, 0.05) is 7.05 Å². The van der Waals surface area contributed by atoms with E-state index in [2.05, 4.69) is 9.97 Å². The lowest BCUT2D eigenvalue weighted by Crippen LogP contribution is -2.44. The molecule has 0 unspecified atom stereocenters. The summed E-state index contributed by atoms with van der Waals surface area (Å²) in [5, 5.41) is 0.174. The molecular formula is C16H12ClF3N4O2. The molecule has 0 saturated carbocycles. The lowest BCUT2D eigenvalue weighted by molar-refractivity contribution is -0.125. The smallest absolute Gasteiger partial charge is 0.444 e. The standard InChI is InChI=1S/C16H12ClF3N4O2/c1-23-12(7-11-13(17)21-9-22-14(11)23)24(16(18,19)20)15(25)26-8-10-5-3-2-4-6-10/h2-7,9H,8H2,1H3. The van der Waals surface area contributed by atoms with Gasteiger partial charge in [0.1, 0.15) is 29.6 Å². The third-order valence-electron chi connectivity index (χ3n) is 3.62. The Bertz CT molecular complexity index is 944. The van der Waals surface area contributed by atoms with Gasteiger partial charge in [0.2, 0.25) is 0 Å². The maximum atomic E-state index is 13.5. The Kier molecular flexibility index (Phi) is 4.73. The largest absolute Gasteiger partial charge is 0.495 e. The summed E-state index contributed by atoms with van der Waals surface area (Å²) < 4.78 is 46.5. The molecule has 0 atom stereocenters. The fourth-order valence-corrected chi connectivity index (χ4v) is 2.60.